The van der Waals surface area contributed by atoms with E-state index in [2.05, 4.69) is 90.3 Å². The molecule has 3 aromatic rings. The van der Waals surface area contributed by atoms with Crippen molar-refractivity contribution in [3.8, 4) is 0 Å². The Morgan fingerprint density at radius 2 is 1.61 bits per heavy atom. The number of benzene rings is 3. The molecule has 1 amide bonds. The predicted molar refractivity (Wildman–Crippen MR) is 144 cm³/mol. The molecule has 1 aliphatic carbocycles. The molecule has 166 valence electrons. The quantitative estimate of drug-likeness (QED) is 0.287. The van der Waals surface area contributed by atoms with E-state index in [1.54, 1.807) is 5.01 Å². The largest absolute Gasteiger partial charge is 0.274 e. The van der Waals surface area contributed by atoms with Crippen molar-refractivity contribution in [1.29, 1.82) is 0 Å². The number of hydrogen-bond donors (Lipinski definition) is 0. The number of rotatable bonds is 3. The highest BCUT2D eigenvalue weighted by atomic mass is 79.9. The summed E-state index contributed by atoms with van der Waals surface area (Å²) in [6, 6.07) is 24.0. The number of hydrazone groups is 1. The first-order valence-electron chi connectivity index (χ1n) is 10.9. The van der Waals surface area contributed by atoms with Gasteiger partial charge in [0.05, 0.1) is 11.8 Å². The van der Waals surface area contributed by atoms with Crippen molar-refractivity contribution in [1.82, 2.24) is 5.01 Å². The highest BCUT2D eigenvalue weighted by Gasteiger charge is 2.43. The Kier molecular flexibility index (Phi) is 6.68. The number of halogens is 3. The highest BCUT2D eigenvalue weighted by Crippen LogP contribution is 2.45. The van der Waals surface area contributed by atoms with Crippen molar-refractivity contribution >= 4 is 65.5 Å². The van der Waals surface area contributed by atoms with Gasteiger partial charge in [0.25, 0.3) is 5.91 Å². The van der Waals surface area contributed by atoms with Gasteiger partial charge in [-0.1, -0.05) is 78.1 Å². The summed E-state index contributed by atoms with van der Waals surface area (Å²) in [4.78, 5) is 13.7. The van der Waals surface area contributed by atoms with Gasteiger partial charge in [0.2, 0.25) is 0 Å². The van der Waals surface area contributed by atoms with Gasteiger partial charge in [-0.25, -0.2) is 5.01 Å². The molecule has 0 spiro atoms. The average Bonchev–Trinajstić information content (AvgIpc) is 3.21. The predicted octanol–water partition coefficient (Wildman–Crippen LogP) is 8.41. The van der Waals surface area contributed by atoms with Gasteiger partial charge >= 0.3 is 0 Å². The van der Waals surface area contributed by atoms with Gasteiger partial charge in [0, 0.05) is 24.9 Å². The van der Waals surface area contributed by atoms with Crippen molar-refractivity contribution in [2.75, 3.05) is 0 Å². The van der Waals surface area contributed by atoms with Gasteiger partial charge in [-0.2, -0.15) is 5.10 Å². The van der Waals surface area contributed by atoms with Crippen LogP contribution < -0.4 is 0 Å². The fraction of sp³-hybridized carbons (Fsp3) is 0.185. The minimum atomic E-state index is -0.117. The fourth-order valence-corrected chi connectivity index (χ4v) is 5.60. The molecule has 2 atom stereocenters. The molecule has 0 saturated heterocycles. The Balaban J connectivity index is 1.58. The van der Waals surface area contributed by atoms with E-state index in [0.29, 0.717) is 5.56 Å². The summed E-state index contributed by atoms with van der Waals surface area (Å²) < 4.78 is 2.97. The lowest BCUT2D eigenvalue weighted by Gasteiger charge is -2.29. The molecule has 0 aromatic heterocycles. The number of allylic oxidation sites excluding steroid dienone is 1. The van der Waals surface area contributed by atoms with Crippen LogP contribution >= 0.6 is 47.8 Å². The lowest BCUT2D eigenvalue weighted by molar-refractivity contribution is 0.0681. The van der Waals surface area contributed by atoms with Crippen molar-refractivity contribution in [2.24, 2.45) is 11.0 Å². The van der Waals surface area contributed by atoms with Crippen LogP contribution in [0, 0.1) is 5.92 Å². The molecule has 1 aliphatic heterocycles. The summed E-state index contributed by atoms with van der Waals surface area (Å²) in [6.07, 6.45) is 5.29. The monoisotopic (exact) mass is 626 g/mol. The third-order valence-electron chi connectivity index (χ3n) is 6.20. The molecule has 6 heteroatoms. The third kappa shape index (κ3) is 4.79. The minimum Gasteiger partial charge on any atom is -0.267 e. The van der Waals surface area contributed by atoms with E-state index < -0.39 is 0 Å². The van der Waals surface area contributed by atoms with Crippen molar-refractivity contribution in [3.63, 3.8) is 0 Å². The van der Waals surface area contributed by atoms with Gasteiger partial charge in [-0.05, 0) is 84.5 Å². The molecule has 1 fully saturated rings. The standard InChI is InChI=1S/C27H21Br3N2O/c28-21-11-7-17(8-12-21)15-19-3-2-6-24-25(19)31-32(26(24)18-9-13-22(29)14-10-18)27(33)20-4-1-5-23(30)16-20/h1,4-5,7-16,24,26H,2-3,6H2/b19-15+/t24-,26+/m0/s1. The summed E-state index contributed by atoms with van der Waals surface area (Å²) in [5, 5.41) is 6.70. The van der Waals surface area contributed by atoms with Crippen LogP contribution in [-0.2, 0) is 0 Å². The van der Waals surface area contributed by atoms with E-state index in [1.807, 2.05) is 36.4 Å². The molecule has 1 saturated carbocycles. The van der Waals surface area contributed by atoms with Crippen molar-refractivity contribution in [3.05, 3.63) is 108 Å². The summed E-state index contributed by atoms with van der Waals surface area (Å²) in [6.45, 7) is 0. The molecule has 0 N–H and O–H groups in total. The second-order valence-electron chi connectivity index (χ2n) is 8.36. The normalized spacial score (nSPS) is 21.1. The second kappa shape index (κ2) is 9.69. The minimum absolute atomic E-state index is 0.0749. The van der Waals surface area contributed by atoms with Gasteiger partial charge < -0.3 is 0 Å². The molecular weight excluding hydrogens is 608 g/mol. The van der Waals surface area contributed by atoms with E-state index in [9.17, 15) is 4.79 Å². The Labute approximate surface area is 219 Å². The van der Waals surface area contributed by atoms with E-state index in [4.69, 9.17) is 5.10 Å². The Morgan fingerprint density at radius 3 is 2.30 bits per heavy atom. The van der Waals surface area contributed by atoms with E-state index in [1.165, 1.54) is 5.57 Å². The van der Waals surface area contributed by atoms with Crippen LogP contribution in [0.3, 0.4) is 0 Å². The number of fused-ring (bicyclic) bond motifs is 1. The van der Waals surface area contributed by atoms with Crippen LogP contribution in [0.15, 0.2) is 96.9 Å². The zero-order valence-electron chi connectivity index (χ0n) is 17.7. The van der Waals surface area contributed by atoms with Gasteiger partial charge in [-0.15, -0.1) is 0 Å². The third-order valence-corrected chi connectivity index (χ3v) is 7.75. The number of nitrogens with zero attached hydrogens (tertiary/aromatic N) is 2. The van der Waals surface area contributed by atoms with Crippen LogP contribution in [-0.4, -0.2) is 16.6 Å². The van der Waals surface area contributed by atoms with Gasteiger partial charge in [0.15, 0.2) is 0 Å². The summed E-state index contributed by atoms with van der Waals surface area (Å²) >= 11 is 10.5. The number of carbonyl (C=O) groups excluding carboxylic acids is 1. The first-order valence-corrected chi connectivity index (χ1v) is 13.3. The lowest BCUT2D eigenvalue weighted by Crippen LogP contribution is -2.31. The van der Waals surface area contributed by atoms with Crippen LogP contribution in [0.4, 0.5) is 0 Å². The Hall–Kier alpha value is -2.02. The van der Waals surface area contributed by atoms with Crippen LogP contribution in [0.1, 0.15) is 46.8 Å². The molecule has 0 unspecified atom stereocenters. The van der Waals surface area contributed by atoms with E-state index in [0.717, 1.165) is 49.5 Å². The Morgan fingerprint density at radius 1 is 0.909 bits per heavy atom. The van der Waals surface area contributed by atoms with Crippen LogP contribution in [0.2, 0.25) is 0 Å². The average molecular weight is 629 g/mol. The van der Waals surface area contributed by atoms with Gasteiger partial charge in [0.1, 0.15) is 0 Å². The van der Waals surface area contributed by atoms with Crippen molar-refractivity contribution in [2.45, 2.75) is 25.3 Å². The van der Waals surface area contributed by atoms with Crippen LogP contribution in [0.25, 0.3) is 6.08 Å². The van der Waals surface area contributed by atoms with Crippen molar-refractivity contribution < 1.29 is 4.79 Å². The molecule has 1 heterocycles. The SMILES string of the molecule is O=C(c1cccc(Br)c1)N1N=C2/C(=C/c3ccc(Br)cc3)CCC[C@@H]2[C@H]1c1ccc(Br)cc1. The smallest absolute Gasteiger partial charge is 0.267 e. The molecule has 5 rings (SSSR count). The van der Waals surface area contributed by atoms with E-state index >= 15 is 0 Å². The first-order chi connectivity index (χ1) is 16.0. The van der Waals surface area contributed by atoms with Crippen LogP contribution in [0.5, 0.6) is 0 Å². The molecule has 33 heavy (non-hydrogen) atoms. The molecule has 3 nitrogen and oxygen atoms in total. The fourth-order valence-electron chi connectivity index (χ4n) is 4.68. The summed E-state index contributed by atoms with van der Waals surface area (Å²) in [5.41, 5.74) is 5.15. The molecule has 3 aromatic carbocycles. The molecule has 0 radical (unpaired) electrons. The topological polar surface area (TPSA) is 32.7 Å². The zero-order chi connectivity index (χ0) is 22.9. The molecule has 2 aliphatic rings. The number of carbonyl (C=O) groups is 1. The second-order valence-corrected chi connectivity index (χ2v) is 11.1. The highest BCUT2D eigenvalue weighted by molar-refractivity contribution is 9.11. The molecular formula is C27H21Br3N2O. The maximum absolute atomic E-state index is 13.7. The molecule has 0 bridgehead atoms. The maximum Gasteiger partial charge on any atom is 0.274 e. The summed E-state index contributed by atoms with van der Waals surface area (Å²) in [5.74, 6) is 0.104. The number of hydrogen-bond acceptors (Lipinski definition) is 2. The summed E-state index contributed by atoms with van der Waals surface area (Å²) in [7, 11) is 0. The van der Waals surface area contributed by atoms with E-state index in [-0.39, 0.29) is 17.9 Å². The number of amides is 1. The zero-order valence-corrected chi connectivity index (χ0v) is 22.5. The first kappa shape index (κ1) is 22.8. The van der Waals surface area contributed by atoms with Gasteiger partial charge in [-0.3, -0.25) is 4.79 Å². The lowest BCUT2D eigenvalue weighted by atomic mass is 9.77. The Bertz CT molecular complexity index is 1250. The maximum atomic E-state index is 13.7.